The molecule has 0 heterocycles. The van der Waals surface area contributed by atoms with Gasteiger partial charge in [0.2, 0.25) is 0 Å². The fraction of sp³-hybridized carbons (Fsp3) is 0.500. The predicted molar refractivity (Wildman–Crippen MR) is 67.0 cm³/mol. The van der Waals surface area contributed by atoms with Crippen molar-refractivity contribution < 1.29 is 14.3 Å². The molecule has 1 aromatic carbocycles. The van der Waals surface area contributed by atoms with E-state index in [0.717, 1.165) is 31.7 Å². The van der Waals surface area contributed by atoms with Crippen LogP contribution in [0.15, 0.2) is 18.2 Å². The summed E-state index contributed by atoms with van der Waals surface area (Å²) >= 11 is 0. The van der Waals surface area contributed by atoms with Gasteiger partial charge in [-0.25, -0.2) is 4.39 Å². The number of phenolic OH excluding ortho intramolecular Hbond substituents is 1. The van der Waals surface area contributed by atoms with Gasteiger partial charge in [0, 0.05) is 18.7 Å². The van der Waals surface area contributed by atoms with Crippen LogP contribution in [0, 0.1) is 5.82 Å². The first-order valence-corrected chi connectivity index (χ1v) is 6.43. The van der Waals surface area contributed by atoms with Crippen LogP contribution < -0.4 is 0 Å². The van der Waals surface area contributed by atoms with Gasteiger partial charge in [0.05, 0.1) is 5.56 Å². The lowest BCUT2D eigenvalue weighted by Crippen LogP contribution is -2.39. The molecule has 3 nitrogen and oxygen atoms in total. The van der Waals surface area contributed by atoms with Gasteiger partial charge in [-0.15, -0.1) is 0 Å². The number of amides is 1. The zero-order chi connectivity index (χ0) is 13.1. The number of aromatic hydroxyl groups is 1. The Hall–Kier alpha value is -1.58. The van der Waals surface area contributed by atoms with Crippen LogP contribution in [0.1, 0.15) is 43.0 Å². The number of carbonyl (C=O) groups is 1. The largest absolute Gasteiger partial charge is 0.508 e. The molecule has 1 N–H and O–H groups in total. The van der Waals surface area contributed by atoms with Crippen LogP contribution in [0.25, 0.3) is 0 Å². The molecular formula is C14H18FNO2. The van der Waals surface area contributed by atoms with E-state index in [2.05, 4.69) is 0 Å². The zero-order valence-corrected chi connectivity index (χ0v) is 10.5. The van der Waals surface area contributed by atoms with E-state index in [9.17, 15) is 9.18 Å². The van der Waals surface area contributed by atoms with Gasteiger partial charge in [0.1, 0.15) is 11.6 Å². The monoisotopic (exact) mass is 251 g/mol. The molecule has 0 aliphatic heterocycles. The Morgan fingerprint density at radius 3 is 2.67 bits per heavy atom. The molecule has 1 aromatic rings. The third-order valence-electron chi connectivity index (χ3n) is 3.55. The van der Waals surface area contributed by atoms with Gasteiger partial charge in [-0.2, -0.15) is 0 Å². The second-order valence-corrected chi connectivity index (χ2v) is 4.69. The summed E-state index contributed by atoms with van der Waals surface area (Å²) < 4.78 is 13.7. The van der Waals surface area contributed by atoms with E-state index in [1.54, 1.807) is 4.90 Å². The molecule has 1 aliphatic rings. The molecule has 18 heavy (non-hydrogen) atoms. The van der Waals surface area contributed by atoms with E-state index < -0.39 is 5.82 Å². The summed E-state index contributed by atoms with van der Waals surface area (Å²) in [5, 5.41) is 9.16. The topological polar surface area (TPSA) is 40.5 Å². The van der Waals surface area contributed by atoms with Crippen molar-refractivity contribution in [3.63, 3.8) is 0 Å². The number of phenols is 1. The van der Waals surface area contributed by atoms with Crippen molar-refractivity contribution in [1.29, 1.82) is 0 Å². The Balaban J connectivity index is 2.22. The predicted octanol–water partition coefficient (Wildman–Crippen LogP) is 2.94. The molecular weight excluding hydrogens is 233 g/mol. The van der Waals surface area contributed by atoms with Gasteiger partial charge < -0.3 is 10.0 Å². The number of halogens is 1. The van der Waals surface area contributed by atoms with E-state index in [4.69, 9.17) is 5.11 Å². The summed E-state index contributed by atoms with van der Waals surface area (Å²) in [6.07, 6.45) is 4.26. The summed E-state index contributed by atoms with van der Waals surface area (Å²) in [5.41, 5.74) is 0.0431. The highest BCUT2D eigenvalue weighted by atomic mass is 19.1. The fourth-order valence-electron chi connectivity index (χ4n) is 2.62. The average Bonchev–Trinajstić information content (AvgIpc) is 2.83. The molecule has 0 radical (unpaired) electrons. The van der Waals surface area contributed by atoms with Crippen LogP contribution in [-0.2, 0) is 0 Å². The zero-order valence-electron chi connectivity index (χ0n) is 10.5. The molecule has 1 aliphatic carbocycles. The van der Waals surface area contributed by atoms with Crippen LogP contribution in [0.3, 0.4) is 0 Å². The number of nitrogens with zero attached hydrogens (tertiary/aromatic N) is 1. The lowest BCUT2D eigenvalue weighted by molar-refractivity contribution is 0.0689. The standard InChI is InChI=1S/C14H18FNO2/c1-2-16(10-5-3-4-6-10)14(18)12-8-7-11(17)9-13(12)15/h7-10,17H,2-6H2,1H3. The Kier molecular flexibility index (Phi) is 3.84. The molecule has 1 saturated carbocycles. The molecule has 2 rings (SSSR count). The number of hydrogen-bond acceptors (Lipinski definition) is 2. The van der Waals surface area contributed by atoms with E-state index in [0.29, 0.717) is 6.54 Å². The second kappa shape index (κ2) is 5.38. The summed E-state index contributed by atoms with van der Waals surface area (Å²) in [6.45, 7) is 2.50. The second-order valence-electron chi connectivity index (χ2n) is 4.69. The van der Waals surface area contributed by atoms with Gasteiger partial charge >= 0.3 is 0 Å². The number of hydrogen-bond donors (Lipinski definition) is 1. The van der Waals surface area contributed by atoms with Gasteiger partial charge in [0.15, 0.2) is 0 Å². The van der Waals surface area contributed by atoms with E-state index in [1.807, 2.05) is 6.92 Å². The van der Waals surface area contributed by atoms with Gasteiger partial charge in [-0.3, -0.25) is 4.79 Å². The first-order chi connectivity index (χ1) is 8.63. The highest BCUT2D eigenvalue weighted by molar-refractivity contribution is 5.94. The van der Waals surface area contributed by atoms with E-state index in [1.165, 1.54) is 12.1 Å². The maximum Gasteiger partial charge on any atom is 0.257 e. The van der Waals surface area contributed by atoms with Crippen molar-refractivity contribution in [1.82, 2.24) is 4.90 Å². The normalized spacial score (nSPS) is 15.9. The molecule has 0 spiro atoms. The highest BCUT2D eigenvalue weighted by Gasteiger charge is 2.27. The van der Waals surface area contributed by atoms with Crippen molar-refractivity contribution in [3.05, 3.63) is 29.6 Å². The van der Waals surface area contributed by atoms with Crippen molar-refractivity contribution in [3.8, 4) is 5.75 Å². The van der Waals surface area contributed by atoms with Crippen molar-refractivity contribution >= 4 is 5.91 Å². The summed E-state index contributed by atoms with van der Waals surface area (Å²) in [7, 11) is 0. The Morgan fingerprint density at radius 2 is 2.11 bits per heavy atom. The molecule has 0 atom stereocenters. The minimum Gasteiger partial charge on any atom is -0.508 e. The van der Waals surface area contributed by atoms with Gasteiger partial charge in [-0.1, -0.05) is 12.8 Å². The Morgan fingerprint density at radius 1 is 1.44 bits per heavy atom. The molecule has 98 valence electrons. The lowest BCUT2D eigenvalue weighted by atomic mass is 10.1. The van der Waals surface area contributed by atoms with Gasteiger partial charge in [0.25, 0.3) is 5.91 Å². The Labute approximate surface area is 106 Å². The number of carbonyl (C=O) groups excluding carboxylic acids is 1. The van der Waals surface area contributed by atoms with E-state index in [-0.39, 0.29) is 23.3 Å². The maximum atomic E-state index is 13.7. The molecule has 0 unspecified atom stereocenters. The van der Waals surface area contributed by atoms with Crippen molar-refractivity contribution in [2.45, 2.75) is 38.6 Å². The maximum absolute atomic E-state index is 13.7. The molecule has 0 bridgehead atoms. The minimum absolute atomic E-state index is 0.0431. The first-order valence-electron chi connectivity index (χ1n) is 6.43. The summed E-state index contributed by atoms with van der Waals surface area (Å²) in [6, 6.07) is 3.91. The lowest BCUT2D eigenvalue weighted by Gasteiger charge is -2.27. The van der Waals surface area contributed by atoms with Crippen LogP contribution in [0.2, 0.25) is 0 Å². The van der Waals surface area contributed by atoms with Crippen LogP contribution in [0.5, 0.6) is 5.75 Å². The number of benzene rings is 1. The van der Waals surface area contributed by atoms with Crippen LogP contribution in [-0.4, -0.2) is 28.5 Å². The smallest absolute Gasteiger partial charge is 0.257 e. The molecule has 0 aromatic heterocycles. The molecule has 1 amide bonds. The fourth-order valence-corrected chi connectivity index (χ4v) is 2.62. The summed E-state index contributed by atoms with van der Waals surface area (Å²) in [4.78, 5) is 14.0. The molecule has 4 heteroatoms. The van der Waals surface area contributed by atoms with Crippen molar-refractivity contribution in [2.75, 3.05) is 6.54 Å². The van der Waals surface area contributed by atoms with Gasteiger partial charge in [-0.05, 0) is 31.9 Å². The summed E-state index contributed by atoms with van der Waals surface area (Å²) in [5.74, 6) is -1.09. The van der Waals surface area contributed by atoms with Crippen molar-refractivity contribution in [2.24, 2.45) is 0 Å². The Bertz CT molecular complexity index is 441. The third-order valence-corrected chi connectivity index (χ3v) is 3.55. The van der Waals surface area contributed by atoms with Crippen LogP contribution >= 0.6 is 0 Å². The number of rotatable bonds is 3. The molecule has 1 fully saturated rings. The highest BCUT2D eigenvalue weighted by Crippen LogP contribution is 2.26. The van der Waals surface area contributed by atoms with E-state index >= 15 is 0 Å². The van der Waals surface area contributed by atoms with Crippen LogP contribution in [0.4, 0.5) is 4.39 Å². The third kappa shape index (κ3) is 2.47. The minimum atomic E-state index is -0.656. The quantitative estimate of drug-likeness (QED) is 0.897. The molecule has 0 saturated heterocycles. The SMILES string of the molecule is CCN(C(=O)c1ccc(O)cc1F)C1CCCC1. The average molecular weight is 251 g/mol. The first kappa shape index (κ1) is 12.9.